The Kier molecular flexibility index (Phi) is 5.63. The number of benzene rings is 2. The zero-order valence-electron chi connectivity index (χ0n) is 18.6. The average molecular weight is 457 g/mol. The second kappa shape index (κ2) is 8.90. The Morgan fingerprint density at radius 1 is 1.12 bits per heavy atom. The number of nitrogens with zero attached hydrogens (tertiary/aromatic N) is 2. The van der Waals surface area contributed by atoms with Gasteiger partial charge in [0.15, 0.2) is 5.76 Å². The van der Waals surface area contributed by atoms with Crippen molar-refractivity contribution in [2.75, 3.05) is 5.32 Å². The highest BCUT2D eigenvalue weighted by molar-refractivity contribution is 6.02. The fourth-order valence-corrected chi connectivity index (χ4v) is 3.83. The molecule has 0 aliphatic heterocycles. The van der Waals surface area contributed by atoms with Crippen molar-refractivity contribution in [3.8, 4) is 17.0 Å². The molecule has 8 nitrogen and oxygen atoms in total. The molecule has 0 bridgehead atoms. The van der Waals surface area contributed by atoms with Crippen LogP contribution in [0.5, 0.6) is 5.75 Å². The van der Waals surface area contributed by atoms with Crippen molar-refractivity contribution >= 4 is 17.6 Å². The fourth-order valence-electron chi connectivity index (χ4n) is 3.83. The molecule has 2 heterocycles. The third-order valence-electron chi connectivity index (χ3n) is 5.89. The molecule has 0 spiro atoms. The number of aryl methyl sites for hydroxylation is 1. The van der Waals surface area contributed by atoms with E-state index < -0.39 is 5.91 Å². The summed E-state index contributed by atoms with van der Waals surface area (Å²) in [6.45, 7) is 2.40. The molecule has 1 saturated carbocycles. The minimum atomic E-state index is -0.401. The third-order valence-corrected chi connectivity index (χ3v) is 5.89. The van der Waals surface area contributed by atoms with Crippen LogP contribution in [0.3, 0.4) is 0 Å². The topological polar surface area (TPSA) is 109 Å². The van der Waals surface area contributed by atoms with E-state index in [1.807, 2.05) is 37.3 Å². The molecule has 4 aromatic rings. The van der Waals surface area contributed by atoms with Crippen LogP contribution in [0, 0.1) is 6.92 Å². The Morgan fingerprint density at radius 2 is 1.94 bits per heavy atom. The van der Waals surface area contributed by atoms with E-state index in [-0.39, 0.29) is 23.5 Å². The first-order valence-corrected chi connectivity index (χ1v) is 11.1. The van der Waals surface area contributed by atoms with Crippen molar-refractivity contribution in [1.29, 1.82) is 0 Å². The van der Waals surface area contributed by atoms with E-state index in [2.05, 4.69) is 15.7 Å². The molecule has 1 fully saturated rings. The molecule has 2 aromatic heterocycles. The van der Waals surface area contributed by atoms with E-state index in [1.54, 1.807) is 24.3 Å². The van der Waals surface area contributed by atoms with Crippen LogP contribution in [-0.2, 0) is 6.54 Å². The number of amides is 2. The average Bonchev–Trinajstić information content (AvgIpc) is 3.34. The number of phenolic OH excluding ortho intramolecular Hbond substituents is 1. The highest BCUT2D eigenvalue weighted by atomic mass is 16.3. The quantitative estimate of drug-likeness (QED) is 0.352. The van der Waals surface area contributed by atoms with Crippen molar-refractivity contribution in [1.82, 2.24) is 15.1 Å². The van der Waals surface area contributed by atoms with Crippen LogP contribution >= 0.6 is 0 Å². The zero-order valence-corrected chi connectivity index (χ0v) is 18.6. The molecule has 3 N–H and O–H groups in total. The van der Waals surface area contributed by atoms with Crippen molar-refractivity contribution in [3.05, 3.63) is 89.5 Å². The number of carbonyl (C=O) groups is 2. The molecular weight excluding hydrogens is 432 g/mol. The number of nitrogens with one attached hydrogen (secondary N) is 2. The molecule has 5 rings (SSSR count). The van der Waals surface area contributed by atoms with Gasteiger partial charge in [-0.2, -0.15) is 9.78 Å². The van der Waals surface area contributed by atoms with Gasteiger partial charge >= 0.3 is 6.03 Å². The maximum absolute atomic E-state index is 13.0. The number of carbonyl (C=O) groups excluding carboxylic acids is 2. The lowest BCUT2D eigenvalue weighted by Gasteiger charge is -2.09. The third kappa shape index (κ3) is 4.43. The number of aromatic hydroxyl groups is 1. The molecule has 1 aliphatic rings. The van der Waals surface area contributed by atoms with Gasteiger partial charge in [-0.1, -0.05) is 24.3 Å². The molecule has 0 unspecified atom stereocenters. The number of anilines is 1. The van der Waals surface area contributed by atoms with Gasteiger partial charge in [-0.15, -0.1) is 0 Å². The summed E-state index contributed by atoms with van der Waals surface area (Å²) in [5.41, 5.74) is 4.30. The lowest BCUT2D eigenvalue weighted by Crippen LogP contribution is -2.30. The summed E-state index contributed by atoms with van der Waals surface area (Å²) in [6, 6.07) is 17.3. The molecule has 2 amide bonds. The lowest BCUT2D eigenvalue weighted by atomic mass is 10.1. The molecule has 0 radical (unpaired) electrons. The minimum Gasteiger partial charge on any atom is -0.507 e. The van der Waals surface area contributed by atoms with Gasteiger partial charge in [-0.3, -0.25) is 4.79 Å². The first kappa shape index (κ1) is 21.5. The molecular formula is C26H24N4O4. The van der Waals surface area contributed by atoms with E-state index in [0.717, 1.165) is 29.7 Å². The van der Waals surface area contributed by atoms with Gasteiger partial charge in [-0.05, 0) is 67.3 Å². The summed E-state index contributed by atoms with van der Waals surface area (Å²) >= 11 is 0. The van der Waals surface area contributed by atoms with Gasteiger partial charge in [0, 0.05) is 23.7 Å². The van der Waals surface area contributed by atoms with E-state index in [0.29, 0.717) is 23.5 Å². The molecule has 0 saturated heterocycles. The van der Waals surface area contributed by atoms with Crippen LogP contribution in [0.15, 0.2) is 71.3 Å². The Bertz CT molecular complexity index is 1350. The SMILES string of the molecule is Cc1ccccc1CNC(=O)n1nc(-c2cc(NC(=O)c3ccco3)ccc2O)cc1C1CC1. The monoisotopic (exact) mass is 456 g/mol. The fraction of sp³-hybridized carbons (Fsp3) is 0.192. The summed E-state index contributed by atoms with van der Waals surface area (Å²) < 4.78 is 6.51. The second-order valence-corrected chi connectivity index (χ2v) is 8.39. The summed E-state index contributed by atoms with van der Waals surface area (Å²) in [5.74, 6) is 0.0411. The van der Waals surface area contributed by atoms with Gasteiger partial charge in [0.1, 0.15) is 5.75 Å². The molecule has 34 heavy (non-hydrogen) atoms. The number of hydrogen-bond donors (Lipinski definition) is 3. The highest BCUT2D eigenvalue weighted by Gasteiger charge is 2.31. The first-order chi connectivity index (χ1) is 16.5. The van der Waals surface area contributed by atoms with Gasteiger partial charge in [-0.25, -0.2) is 4.79 Å². The van der Waals surface area contributed by atoms with E-state index in [9.17, 15) is 14.7 Å². The van der Waals surface area contributed by atoms with Gasteiger partial charge in [0.25, 0.3) is 5.91 Å². The smallest absolute Gasteiger partial charge is 0.342 e. The molecule has 2 aromatic carbocycles. The number of phenols is 1. The van der Waals surface area contributed by atoms with E-state index >= 15 is 0 Å². The van der Waals surface area contributed by atoms with Crippen molar-refractivity contribution in [3.63, 3.8) is 0 Å². The number of hydrogen-bond acceptors (Lipinski definition) is 5. The van der Waals surface area contributed by atoms with Crippen LogP contribution in [0.2, 0.25) is 0 Å². The molecule has 172 valence electrons. The first-order valence-electron chi connectivity index (χ1n) is 11.1. The second-order valence-electron chi connectivity index (χ2n) is 8.39. The van der Waals surface area contributed by atoms with Crippen molar-refractivity contribution in [2.45, 2.75) is 32.2 Å². The predicted molar refractivity (Wildman–Crippen MR) is 127 cm³/mol. The highest BCUT2D eigenvalue weighted by Crippen LogP contribution is 2.42. The summed E-state index contributed by atoms with van der Waals surface area (Å²) in [5, 5.41) is 20.7. The van der Waals surface area contributed by atoms with Crippen LogP contribution in [-0.4, -0.2) is 26.8 Å². The molecule has 1 aliphatic carbocycles. The van der Waals surface area contributed by atoms with Crippen LogP contribution in [0.1, 0.15) is 46.1 Å². The van der Waals surface area contributed by atoms with Crippen LogP contribution in [0.4, 0.5) is 10.5 Å². The van der Waals surface area contributed by atoms with Gasteiger partial charge in [0.05, 0.1) is 17.7 Å². The summed E-state index contributed by atoms with van der Waals surface area (Å²) in [7, 11) is 0. The summed E-state index contributed by atoms with van der Waals surface area (Å²) in [6.07, 6.45) is 3.40. The van der Waals surface area contributed by atoms with E-state index in [4.69, 9.17) is 4.42 Å². The van der Waals surface area contributed by atoms with E-state index in [1.165, 1.54) is 17.0 Å². The number of furan rings is 1. The zero-order chi connectivity index (χ0) is 23.7. The van der Waals surface area contributed by atoms with Crippen LogP contribution < -0.4 is 10.6 Å². The molecule has 0 atom stereocenters. The largest absolute Gasteiger partial charge is 0.507 e. The predicted octanol–water partition coefficient (Wildman–Crippen LogP) is 5.04. The Labute approximate surface area is 196 Å². The van der Waals surface area contributed by atoms with Gasteiger partial charge in [0.2, 0.25) is 0 Å². The van der Waals surface area contributed by atoms with Crippen molar-refractivity contribution < 1.29 is 19.1 Å². The Morgan fingerprint density at radius 3 is 2.68 bits per heavy atom. The number of rotatable bonds is 6. The maximum atomic E-state index is 13.0. The maximum Gasteiger partial charge on any atom is 0.342 e. The normalized spacial score (nSPS) is 13.0. The summed E-state index contributed by atoms with van der Waals surface area (Å²) in [4.78, 5) is 25.3. The standard InChI is InChI=1S/C26H24N4O4/c1-16-5-2-3-6-18(16)15-27-26(33)30-22(17-8-9-17)14-21(29-30)20-13-19(10-11-23(20)31)28-25(32)24-7-4-12-34-24/h2-7,10-14,17,31H,8-9,15H2,1H3,(H,27,33)(H,28,32). The van der Waals surface area contributed by atoms with Gasteiger partial charge < -0.3 is 20.2 Å². The van der Waals surface area contributed by atoms with Crippen molar-refractivity contribution in [2.24, 2.45) is 0 Å². The lowest BCUT2D eigenvalue weighted by molar-refractivity contribution is 0.0996. The minimum absolute atomic E-state index is 0.00307. The Balaban J connectivity index is 1.40. The van der Waals surface area contributed by atoms with Crippen LogP contribution in [0.25, 0.3) is 11.3 Å². The number of aromatic nitrogens is 2. The Hall–Kier alpha value is -4.33. The molecule has 8 heteroatoms.